The Balaban J connectivity index is 2.17. The lowest BCUT2D eigenvalue weighted by molar-refractivity contribution is 0.0986. The molecule has 0 aliphatic heterocycles. The highest BCUT2D eigenvalue weighted by molar-refractivity contribution is 6.14. The summed E-state index contributed by atoms with van der Waals surface area (Å²) in [4.78, 5) is 17.4. The lowest BCUT2D eigenvalue weighted by atomic mass is 9.77. The van der Waals surface area contributed by atoms with E-state index in [-0.39, 0.29) is 5.91 Å². The third kappa shape index (κ3) is 7.85. The van der Waals surface area contributed by atoms with Crippen molar-refractivity contribution in [3.63, 3.8) is 0 Å². The van der Waals surface area contributed by atoms with Crippen molar-refractivity contribution in [1.82, 2.24) is 0 Å². The van der Waals surface area contributed by atoms with Crippen molar-refractivity contribution >= 4 is 11.6 Å². The number of amides is 1. The van der Waals surface area contributed by atoms with Crippen LogP contribution >= 0.6 is 0 Å². The van der Waals surface area contributed by atoms with E-state index < -0.39 is 0 Å². The largest absolute Gasteiger partial charge is 0.308 e. The predicted molar refractivity (Wildman–Crippen MR) is 186 cm³/mol. The molecule has 0 aliphatic carbocycles. The van der Waals surface area contributed by atoms with E-state index in [0.717, 1.165) is 93.0 Å². The summed E-state index contributed by atoms with van der Waals surface area (Å²) in [5.41, 5.74) is 10.8. The molecule has 0 spiro atoms. The molecule has 0 fully saturated rings. The van der Waals surface area contributed by atoms with E-state index in [1.54, 1.807) is 0 Å². The molecule has 1 amide bonds. The monoisotopic (exact) mass is 573 g/mol. The second-order valence-corrected chi connectivity index (χ2v) is 11.7. The van der Waals surface area contributed by atoms with Crippen LogP contribution in [0.15, 0.2) is 91.0 Å². The van der Waals surface area contributed by atoms with Gasteiger partial charge in [-0.3, -0.25) is 4.79 Å². The Morgan fingerprint density at radius 1 is 0.512 bits per heavy atom. The molecule has 0 saturated heterocycles. The molecule has 2 nitrogen and oxygen atoms in total. The van der Waals surface area contributed by atoms with Crippen LogP contribution in [0.5, 0.6) is 0 Å². The zero-order valence-electron chi connectivity index (χ0n) is 27.0. The smallest absolute Gasteiger partial charge is 0.259 e. The molecule has 43 heavy (non-hydrogen) atoms. The van der Waals surface area contributed by atoms with Crippen molar-refractivity contribution < 1.29 is 4.79 Å². The van der Waals surface area contributed by atoms with E-state index in [4.69, 9.17) is 0 Å². The van der Waals surface area contributed by atoms with Gasteiger partial charge in [0.15, 0.2) is 0 Å². The lowest BCUT2D eigenvalue weighted by Crippen LogP contribution is -2.34. The van der Waals surface area contributed by atoms with Gasteiger partial charge in [-0.1, -0.05) is 132 Å². The quantitative estimate of drug-likeness (QED) is 0.130. The summed E-state index contributed by atoms with van der Waals surface area (Å²) in [7, 11) is 0. The Morgan fingerprint density at radius 2 is 0.953 bits per heavy atom. The molecule has 2 heteroatoms. The average Bonchev–Trinajstić information content (AvgIpc) is 3.06. The third-order valence-corrected chi connectivity index (χ3v) is 8.56. The van der Waals surface area contributed by atoms with Gasteiger partial charge in [-0.15, -0.1) is 0 Å². The third-order valence-electron chi connectivity index (χ3n) is 8.56. The first-order chi connectivity index (χ1) is 21.2. The molecule has 0 aliphatic rings. The summed E-state index contributed by atoms with van der Waals surface area (Å²) in [6.45, 7) is 9.74. The van der Waals surface area contributed by atoms with Crippen LogP contribution in [0.25, 0.3) is 22.3 Å². The van der Waals surface area contributed by atoms with Gasteiger partial charge in [0, 0.05) is 17.8 Å². The number of nitrogens with zero attached hydrogens (tertiary/aromatic N) is 1. The fourth-order valence-corrected chi connectivity index (χ4v) is 6.28. The fraction of sp³-hybridized carbons (Fsp3) is 0.390. The van der Waals surface area contributed by atoms with Crippen LogP contribution in [-0.4, -0.2) is 12.5 Å². The Morgan fingerprint density at radius 3 is 1.47 bits per heavy atom. The predicted octanol–water partition coefficient (Wildman–Crippen LogP) is 11.5. The van der Waals surface area contributed by atoms with Crippen molar-refractivity contribution in [2.24, 2.45) is 0 Å². The zero-order chi connectivity index (χ0) is 30.4. The van der Waals surface area contributed by atoms with Gasteiger partial charge in [0.05, 0.1) is 5.56 Å². The molecule has 4 aromatic carbocycles. The van der Waals surface area contributed by atoms with Crippen molar-refractivity contribution in [1.29, 1.82) is 0 Å². The first kappa shape index (κ1) is 32.3. The molecule has 0 N–H and O–H groups in total. The van der Waals surface area contributed by atoms with Gasteiger partial charge in [0.1, 0.15) is 0 Å². The second-order valence-electron chi connectivity index (χ2n) is 11.7. The fourth-order valence-electron chi connectivity index (χ4n) is 6.28. The Bertz CT molecular complexity index is 1410. The van der Waals surface area contributed by atoms with Crippen LogP contribution in [-0.2, 0) is 19.3 Å². The number of para-hydroxylation sites is 1. The Hall–Kier alpha value is -3.65. The van der Waals surface area contributed by atoms with E-state index in [1.807, 2.05) is 18.2 Å². The van der Waals surface area contributed by atoms with Gasteiger partial charge >= 0.3 is 0 Å². The minimum Gasteiger partial charge on any atom is -0.308 e. The van der Waals surface area contributed by atoms with Crippen molar-refractivity contribution in [2.45, 2.75) is 98.3 Å². The molecular formula is C41H51NO. The van der Waals surface area contributed by atoms with Gasteiger partial charge in [-0.25, -0.2) is 0 Å². The zero-order valence-corrected chi connectivity index (χ0v) is 27.0. The molecule has 4 aromatic rings. The van der Waals surface area contributed by atoms with Gasteiger partial charge < -0.3 is 4.90 Å². The molecule has 0 aromatic heterocycles. The van der Waals surface area contributed by atoms with Gasteiger partial charge in [-0.2, -0.15) is 0 Å². The molecule has 0 radical (unpaired) electrons. The summed E-state index contributed by atoms with van der Waals surface area (Å²) in [6, 6.07) is 31.9. The molecular weight excluding hydrogens is 522 g/mol. The SMILES string of the molecule is CCCCc1c(CCCC)c(C(=O)N(CCCC)c2ccccc2)c(-c2ccccc2)c(-c2ccccc2)c1CCCC. The van der Waals surface area contributed by atoms with Crippen LogP contribution in [0.4, 0.5) is 5.69 Å². The van der Waals surface area contributed by atoms with Crippen molar-refractivity contribution in [3.8, 4) is 22.3 Å². The number of hydrogen-bond acceptors (Lipinski definition) is 1. The maximum absolute atomic E-state index is 15.3. The average molecular weight is 574 g/mol. The minimum absolute atomic E-state index is 0.140. The normalized spacial score (nSPS) is 11.1. The van der Waals surface area contributed by atoms with E-state index in [0.29, 0.717) is 6.54 Å². The number of benzene rings is 4. The molecule has 0 bridgehead atoms. The molecule has 4 rings (SSSR count). The van der Waals surface area contributed by atoms with E-state index in [1.165, 1.54) is 27.8 Å². The van der Waals surface area contributed by atoms with E-state index in [2.05, 4.69) is 105 Å². The first-order valence-electron chi connectivity index (χ1n) is 16.8. The molecule has 226 valence electrons. The summed E-state index contributed by atoms with van der Waals surface area (Å²) in [5, 5.41) is 0. The standard InChI is InChI=1S/C41H51NO/c1-5-9-28-35-36(29-10-6-2)38(32-22-16-13-17-23-32)39(33-24-18-14-19-25-33)40(37(35)30-11-7-3)41(43)42(31-12-8-4)34-26-20-15-21-27-34/h13-27H,5-12,28-31H2,1-4H3. The summed E-state index contributed by atoms with van der Waals surface area (Å²) in [6.07, 6.45) is 11.7. The topological polar surface area (TPSA) is 20.3 Å². The van der Waals surface area contributed by atoms with Crippen LogP contribution in [0, 0.1) is 0 Å². The van der Waals surface area contributed by atoms with Gasteiger partial charge in [0.25, 0.3) is 5.91 Å². The lowest BCUT2D eigenvalue weighted by Gasteiger charge is -2.31. The number of rotatable bonds is 16. The highest BCUT2D eigenvalue weighted by Gasteiger charge is 2.31. The van der Waals surface area contributed by atoms with Crippen LogP contribution in [0.2, 0.25) is 0 Å². The number of carbonyl (C=O) groups excluding carboxylic acids is 1. The van der Waals surface area contributed by atoms with Crippen LogP contribution < -0.4 is 4.90 Å². The molecule has 0 atom stereocenters. The highest BCUT2D eigenvalue weighted by Crippen LogP contribution is 2.44. The van der Waals surface area contributed by atoms with E-state index in [9.17, 15) is 0 Å². The van der Waals surface area contributed by atoms with Crippen LogP contribution in [0.1, 0.15) is 106 Å². The maximum Gasteiger partial charge on any atom is 0.259 e. The number of carbonyl (C=O) groups is 1. The summed E-state index contributed by atoms with van der Waals surface area (Å²) >= 11 is 0. The number of unbranched alkanes of at least 4 members (excludes halogenated alkanes) is 4. The summed E-state index contributed by atoms with van der Waals surface area (Å²) in [5.74, 6) is 0.140. The van der Waals surface area contributed by atoms with Crippen molar-refractivity contribution in [2.75, 3.05) is 11.4 Å². The number of anilines is 1. The van der Waals surface area contributed by atoms with E-state index >= 15 is 4.79 Å². The summed E-state index contributed by atoms with van der Waals surface area (Å²) < 4.78 is 0. The molecule has 0 unspecified atom stereocenters. The first-order valence-corrected chi connectivity index (χ1v) is 16.8. The second kappa shape index (κ2) is 16.8. The van der Waals surface area contributed by atoms with Crippen LogP contribution in [0.3, 0.4) is 0 Å². The molecule has 0 saturated carbocycles. The minimum atomic E-state index is 0.140. The Kier molecular flexibility index (Phi) is 12.6. The van der Waals surface area contributed by atoms with Gasteiger partial charge in [-0.05, 0) is 90.5 Å². The van der Waals surface area contributed by atoms with Gasteiger partial charge in [0.2, 0.25) is 0 Å². The maximum atomic E-state index is 15.3. The van der Waals surface area contributed by atoms with Crippen molar-refractivity contribution in [3.05, 3.63) is 113 Å². The Labute approximate surface area is 261 Å². The number of hydrogen-bond donors (Lipinski definition) is 0. The molecule has 0 heterocycles. The highest BCUT2D eigenvalue weighted by atomic mass is 16.2.